The van der Waals surface area contributed by atoms with Crippen LogP contribution in [0.15, 0.2) is 51.4 Å². The fourth-order valence-electron chi connectivity index (χ4n) is 1.61. The van der Waals surface area contributed by atoms with Crippen LogP contribution in [0.1, 0.15) is 0 Å². The first-order chi connectivity index (χ1) is 8.22. The first-order valence-corrected chi connectivity index (χ1v) is 6.21. The van der Waals surface area contributed by atoms with E-state index in [2.05, 4.69) is 20.9 Å². The van der Waals surface area contributed by atoms with Crippen molar-refractivity contribution in [3.8, 4) is 11.5 Å². The molecule has 0 saturated heterocycles. The van der Waals surface area contributed by atoms with E-state index in [1.807, 2.05) is 30.3 Å². The zero-order valence-corrected chi connectivity index (χ0v) is 11.0. The van der Waals surface area contributed by atoms with Gasteiger partial charge in [-0.2, -0.15) is 0 Å². The first-order valence-electron chi connectivity index (χ1n) is 5.04. The molecule has 1 heterocycles. The SMILES string of the molecule is Clc1ccc2nc(-c3ccc(Br)cc3)oc2c1. The van der Waals surface area contributed by atoms with Crippen molar-refractivity contribution in [2.45, 2.75) is 0 Å². The van der Waals surface area contributed by atoms with Crippen LogP contribution in [0, 0.1) is 0 Å². The summed E-state index contributed by atoms with van der Waals surface area (Å²) in [4.78, 5) is 4.41. The van der Waals surface area contributed by atoms with E-state index >= 15 is 0 Å². The van der Waals surface area contributed by atoms with E-state index in [-0.39, 0.29) is 0 Å². The highest BCUT2D eigenvalue weighted by Crippen LogP contribution is 2.26. The van der Waals surface area contributed by atoms with Crippen molar-refractivity contribution in [1.82, 2.24) is 4.98 Å². The Morgan fingerprint density at radius 3 is 2.59 bits per heavy atom. The lowest BCUT2D eigenvalue weighted by molar-refractivity contribution is 0.620. The molecule has 3 aromatic rings. The molecule has 17 heavy (non-hydrogen) atoms. The first kappa shape index (κ1) is 10.8. The Morgan fingerprint density at radius 1 is 1.06 bits per heavy atom. The monoisotopic (exact) mass is 307 g/mol. The van der Waals surface area contributed by atoms with Crippen LogP contribution in [0.4, 0.5) is 0 Å². The number of rotatable bonds is 1. The van der Waals surface area contributed by atoms with Gasteiger partial charge in [0.05, 0.1) is 0 Å². The Morgan fingerprint density at radius 2 is 1.82 bits per heavy atom. The second kappa shape index (κ2) is 4.17. The smallest absolute Gasteiger partial charge is 0.227 e. The maximum absolute atomic E-state index is 5.90. The molecule has 0 amide bonds. The third kappa shape index (κ3) is 2.08. The number of nitrogens with zero attached hydrogens (tertiary/aromatic N) is 1. The number of oxazole rings is 1. The molecule has 2 nitrogen and oxygen atoms in total. The van der Waals surface area contributed by atoms with E-state index in [1.165, 1.54) is 0 Å². The summed E-state index contributed by atoms with van der Waals surface area (Å²) in [5, 5.41) is 0.649. The molecule has 0 bridgehead atoms. The molecule has 0 fully saturated rings. The van der Waals surface area contributed by atoms with Crippen LogP contribution in [0.2, 0.25) is 5.02 Å². The van der Waals surface area contributed by atoms with Gasteiger partial charge in [-0.25, -0.2) is 4.98 Å². The van der Waals surface area contributed by atoms with Gasteiger partial charge in [-0.05, 0) is 36.4 Å². The van der Waals surface area contributed by atoms with Crippen molar-refractivity contribution < 1.29 is 4.42 Å². The van der Waals surface area contributed by atoms with Gasteiger partial charge in [0.25, 0.3) is 0 Å². The number of hydrogen-bond acceptors (Lipinski definition) is 2. The fourth-order valence-corrected chi connectivity index (χ4v) is 2.04. The maximum atomic E-state index is 5.90. The summed E-state index contributed by atoms with van der Waals surface area (Å²) in [6, 6.07) is 13.2. The average Bonchev–Trinajstić information content (AvgIpc) is 2.72. The highest BCUT2D eigenvalue weighted by Gasteiger charge is 2.08. The fraction of sp³-hybridized carbons (Fsp3) is 0. The zero-order valence-electron chi connectivity index (χ0n) is 8.65. The molecule has 0 atom stereocenters. The van der Waals surface area contributed by atoms with Crippen LogP contribution in [0.25, 0.3) is 22.6 Å². The minimum absolute atomic E-state index is 0.606. The predicted octanol–water partition coefficient (Wildman–Crippen LogP) is 4.91. The molecule has 84 valence electrons. The highest BCUT2D eigenvalue weighted by atomic mass is 79.9. The van der Waals surface area contributed by atoms with E-state index in [0.717, 1.165) is 15.6 Å². The minimum atomic E-state index is 0.606. The van der Waals surface area contributed by atoms with Crippen LogP contribution in [0.3, 0.4) is 0 Å². The van der Waals surface area contributed by atoms with E-state index < -0.39 is 0 Å². The topological polar surface area (TPSA) is 26.0 Å². The molecular weight excluding hydrogens is 302 g/mol. The summed E-state index contributed by atoms with van der Waals surface area (Å²) in [5.74, 6) is 0.606. The van der Waals surface area contributed by atoms with Gasteiger partial charge in [-0.15, -0.1) is 0 Å². The molecule has 0 spiro atoms. The van der Waals surface area contributed by atoms with Crippen molar-refractivity contribution in [3.63, 3.8) is 0 Å². The van der Waals surface area contributed by atoms with E-state index in [4.69, 9.17) is 16.0 Å². The second-order valence-electron chi connectivity index (χ2n) is 3.64. The number of fused-ring (bicyclic) bond motifs is 1. The zero-order chi connectivity index (χ0) is 11.8. The molecule has 0 aliphatic heterocycles. The van der Waals surface area contributed by atoms with Crippen LogP contribution < -0.4 is 0 Å². The van der Waals surface area contributed by atoms with Crippen molar-refractivity contribution in [1.29, 1.82) is 0 Å². The molecule has 0 saturated carbocycles. The summed E-state index contributed by atoms with van der Waals surface area (Å²) in [6.45, 7) is 0. The molecule has 0 N–H and O–H groups in total. The molecule has 1 aromatic heterocycles. The summed E-state index contributed by atoms with van der Waals surface area (Å²) in [6.07, 6.45) is 0. The Balaban J connectivity index is 2.14. The van der Waals surface area contributed by atoms with E-state index in [1.54, 1.807) is 12.1 Å². The largest absolute Gasteiger partial charge is 0.436 e. The van der Waals surface area contributed by atoms with Crippen molar-refractivity contribution in [2.24, 2.45) is 0 Å². The van der Waals surface area contributed by atoms with Gasteiger partial charge in [-0.1, -0.05) is 27.5 Å². The molecule has 3 rings (SSSR count). The van der Waals surface area contributed by atoms with Gasteiger partial charge < -0.3 is 4.42 Å². The van der Waals surface area contributed by atoms with Crippen molar-refractivity contribution in [2.75, 3.05) is 0 Å². The van der Waals surface area contributed by atoms with Crippen LogP contribution in [-0.4, -0.2) is 4.98 Å². The van der Waals surface area contributed by atoms with Gasteiger partial charge in [0, 0.05) is 21.1 Å². The minimum Gasteiger partial charge on any atom is -0.436 e. The molecule has 0 aliphatic rings. The normalized spacial score (nSPS) is 10.9. The second-order valence-corrected chi connectivity index (χ2v) is 4.99. The predicted molar refractivity (Wildman–Crippen MR) is 72.2 cm³/mol. The summed E-state index contributed by atoms with van der Waals surface area (Å²) >= 11 is 9.29. The number of benzene rings is 2. The van der Waals surface area contributed by atoms with Gasteiger partial charge >= 0.3 is 0 Å². The molecule has 0 unspecified atom stereocenters. The molecule has 4 heteroatoms. The maximum Gasteiger partial charge on any atom is 0.227 e. The Labute approximate surface area is 111 Å². The highest BCUT2D eigenvalue weighted by molar-refractivity contribution is 9.10. The Kier molecular flexibility index (Phi) is 2.65. The van der Waals surface area contributed by atoms with Crippen molar-refractivity contribution in [3.05, 3.63) is 52.0 Å². The summed E-state index contributed by atoms with van der Waals surface area (Å²) < 4.78 is 6.69. The third-order valence-corrected chi connectivity index (χ3v) is 3.21. The molecule has 2 aromatic carbocycles. The molecule has 0 aliphatic carbocycles. The van der Waals surface area contributed by atoms with Crippen LogP contribution >= 0.6 is 27.5 Å². The van der Waals surface area contributed by atoms with Gasteiger partial charge in [-0.3, -0.25) is 0 Å². The van der Waals surface area contributed by atoms with E-state index in [9.17, 15) is 0 Å². The molecule has 0 radical (unpaired) electrons. The quantitative estimate of drug-likeness (QED) is 0.638. The lowest BCUT2D eigenvalue weighted by atomic mass is 10.2. The lowest BCUT2D eigenvalue weighted by Gasteiger charge is -1.94. The number of aromatic nitrogens is 1. The number of halogens is 2. The van der Waals surface area contributed by atoms with Crippen LogP contribution in [0.5, 0.6) is 0 Å². The van der Waals surface area contributed by atoms with Gasteiger partial charge in [0.15, 0.2) is 5.58 Å². The van der Waals surface area contributed by atoms with E-state index in [0.29, 0.717) is 16.5 Å². The van der Waals surface area contributed by atoms with Crippen molar-refractivity contribution >= 4 is 38.6 Å². The summed E-state index contributed by atoms with van der Waals surface area (Å²) in [7, 11) is 0. The van der Waals surface area contributed by atoms with Crippen LogP contribution in [-0.2, 0) is 0 Å². The van der Waals surface area contributed by atoms with Gasteiger partial charge in [0.2, 0.25) is 5.89 Å². The number of hydrogen-bond donors (Lipinski definition) is 0. The Bertz CT molecular complexity index is 675. The summed E-state index contributed by atoms with van der Waals surface area (Å²) in [5.41, 5.74) is 2.46. The Hall–Kier alpha value is -1.32. The lowest BCUT2D eigenvalue weighted by Crippen LogP contribution is -1.75. The standard InChI is InChI=1S/C13H7BrClNO/c14-9-3-1-8(2-4-9)13-16-11-6-5-10(15)7-12(11)17-13/h1-7H. The average molecular weight is 309 g/mol. The third-order valence-electron chi connectivity index (χ3n) is 2.44. The molecular formula is C13H7BrClNO. The van der Waals surface area contributed by atoms with Gasteiger partial charge in [0.1, 0.15) is 5.52 Å².